The molecular weight excluding hydrogens is 208 g/mol. The smallest absolute Gasteiger partial charge is 0.224 e. The van der Waals surface area contributed by atoms with Crippen LogP contribution in [-0.4, -0.2) is 36.5 Å². The van der Waals surface area contributed by atoms with E-state index in [1.165, 1.54) is 12.8 Å². The van der Waals surface area contributed by atoms with Crippen LogP contribution in [0.15, 0.2) is 0 Å². The minimum Gasteiger partial charge on any atom is -0.354 e. The van der Waals surface area contributed by atoms with Crippen molar-refractivity contribution >= 4 is 17.7 Å². The van der Waals surface area contributed by atoms with E-state index < -0.39 is 0 Å². The molecule has 0 heterocycles. The lowest BCUT2D eigenvalue weighted by Crippen LogP contribution is -2.38. The lowest BCUT2D eigenvalue weighted by Gasteiger charge is -2.16. The van der Waals surface area contributed by atoms with E-state index in [1.807, 2.05) is 18.7 Å². The van der Waals surface area contributed by atoms with Crippen LogP contribution in [0, 0.1) is 5.92 Å². The van der Waals surface area contributed by atoms with Crippen molar-refractivity contribution in [2.75, 3.05) is 25.9 Å². The number of amides is 1. The molecule has 4 heteroatoms. The fraction of sp³-hybridized carbons (Fsp3) is 0.909. The van der Waals surface area contributed by atoms with Crippen molar-refractivity contribution in [1.82, 2.24) is 10.6 Å². The van der Waals surface area contributed by atoms with E-state index in [2.05, 4.69) is 23.8 Å². The van der Waals surface area contributed by atoms with Crippen LogP contribution >= 0.6 is 11.8 Å². The predicted octanol–water partition coefficient (Wildman–Crippen LogP) is 1.24. The summed E-state index contributed by atoms with van der Waals surface area (Å²) in [5, 5.41) is 6.23. The summed E-state index contributed by atoms with van der Waals surface area (Å²) in [5.74, 6) is 0.249. The van der Waals surface area contributed by atoms with E-state index in [4.69, 9.17) is 0 Å². The largest absolute Gasteiger partial charge is 0.354 e. The molecule has 0 aromatic rings. The van der Waals surface area contributed by atoms with Crippen LogP contribution in [-0.2, 0) is 4.79 Å². The number of hydrogen-bond donors (Lipinski definition) is 2. The average molecular weight is 230 g/mol. The van der Waals surface area contributed by atoms with Crippen molar-refractivity contribution in [3.8, 4) is 0 Å². The summed E-state index contributed by atoms with van der Waals surface area (Å²) >= 11 is 1.88. The molecule has 1 rings (SSSR count). The number of carbonyl (C=O) groups excluding carboxylic acids is 1. The molecule has 2 N–H and O–H groups in total. The first-order chi connectivity index (χ1) is 7.13. The zero-order valence-corrected chi connectivity index (χ0v) is 10.7. The van der Waals surface area contributed by atoms with Gasteiger partial charge in [-0.3, -0.25) is 4.79 Å². The van der Waals surface area contributed by atoms with Crippen LogP contribution in [0.2, 0.25) is 0 Å². The maximum absolute atomic E-state index is 11.7. The Kier molecular flexibility index (Phi) is 4.93. The van der Waals surface area contributed by atoms with Gasteiger partial charge in [0, 0.05) is 23.8 Å². The first-order valence-electron chi connectivity index (χ1n) is 5.67. The van der Waals surface area contributed by atoms with Crippen molar-refractivity contribution in [2.45, 2.75) is 31.4 Å². The Morgan fingerprint density at radius 2 is 2.20 bits per heavy atom. The van der Waals surface area contributed by atoms with Crippen LogP contribution in [0.25, 0.3) is 0 Å². The number of rotatable bonds is 7. The number of thioether (sulfide) groups is 1. The minimum atomic E-state index is 0.0719. The zero-order chi connectivity index (χ0) is 11.3. The maximum Gasteiger partial charge on any atom is 0.224 e. The lowest BCUT2D eigenvalue weighted by molar-refractivity contribution is -0.124. The van der Waals surface area contributed by atoms with Crippen LogP contribution < -0.4 is 10.6 Å². The number of nitrogens with one attached hydrogen (secondary N) is 2. The van der Waals surface area contributed by atoms with E-state index in [0.717, 1.165) is 19.6 Å². The molecule has 15 heavy (non-hydrogen) atoms. The highest BCUT2D eigenvalue weighted by Gasteiger charge is 2.42. The summed E-state index contributed by atoms with van der Waals surface area (Å²) in [5.41, 5.74) is 0. The molecule has 1 fully saturated rings. The summed E-state index contributed by atoms with van der Waals surface area (Å²) in [7, 11) is 0. The Bertz CT molecular complexity index is 217. The molecule has 1 aliphatic carbocycles. The van der Waals surface area contributed by atoms with Crippen LogP contribution in [0.1, 0.15) is 26.7 Å². The monoisotopic (exact) mass is 230 g/mol. The normalized spacial score (nSPS) is 19.7. The number of hydrogen-bond acceptors (Lipinski definition) is 3. The van der Waals surface area contributed by atoms with E-state index in [9.17, 15) is 4.79 Å². The molecular formula is C11H22N2OS. The third-order valence-electron chi connectivity index (χ3n) is 2.97. The van der Waals surface area contributed by atoms with Gasteiger partial charge in [-0.2, -0.15) is 11.8 Å². The highest BCUT2D eigenvalue weighted by molar-refractivity contribution is 8.00. The van der Waals surface area contributed by atoms with Gasteiger partial charge in [0.2, 0.25) is 5.91 Å². The van der Waals surface area contributed by atoms with Gasteiger partial charge in [-0.1, -0.05) is 13.8 Å². The molecule has 0 aromatic carbocycles. The quantitative estimate of drug-likeness (QED) is 0.691. The molecule has 1 saturated carbocycles. The summed E-state index contributed by atoms with van der Waals surface area (Å²) in [4.78, 5) is 11.7. The first kappa shape index (κ1) is 12.8. The molecule has 0 bridgehead atoms. The predicted molar refractivity (Wildman–Crippen MR) is 66.2 cm³/mol. The third kappa shape index (κ3) is 4.03. The lowest BCUT2D eigenvalue weighted by atomic mass is 10.1. The fourth-order valence-corrected chi connectivity index (χ4v) is 2.20. The fourth-order valence-electron chi connectivity index (χ4n) is 1.47. The molecule has 1 amide bonds. The second-order valence-electron chi connectivity index (χ2n) is 4.31. The van der Waals surface area contributed by atoms with Gasteiger partial charge in [0.1, 0.15) is 0 Å². The van der Waals surface area contributed by atoms with Gasteiger partial charge in [-0.05, 0) is 25.6 Å². The molecule has 0 radical (unpaired) electrons. The van der Waals surface area contributed by atoms with Crippen molar-refractivity contribution in [3.63, 3.8) is 0 Å². The Labute approximate surface area is 96.8 Å². The molecule has 1 aliphatic rings. The van der Waals surface area contributed by atoms with Gasteiger partial charge >= 0.3 is 0 Å². The van der Waals surface area contributed by atoms with E-state index in [1.54, 1.807) is 0 Å². The van der Waals surface area contributed by atoms with Gasteiger partial charge in [0.15, 0.2) is 0 Å². The van der Waals surface area contributed by atoms with Gasteiger partial charge in [0.25, 0.3) is 0 Å². The summed E-state index contributed by atoms with van der Waals surface area (Å²) in [6.45, 7) is 6.55. The topological polar surface area (TPSA) is 41.1 Å². The second kappa shape index (κ2) is 5.75. The van der Waals surface area contributed by atoms with Crippen LogP contribution in [0.4, 0.5) is 0 Å². The molecule has 0 spiro atoms. The van der Waals surface area contributed by atoms with Gasteiger partial charge in [-0.25, -0.2) is 0 Å². The average Bonchev–Trinajstić information content (AvgIpc) is 3.03. The molecule has 88 valence electrons. The summed E-state index contributed by atoms with van der Waals surface area (Å²) in [6, 6.07) is 0. The van der Waals surface area contributed by atoms with Crippen molar-refractivity contribution in [1.29, 1.82) is 0 Å². The number of carbonyl (C=O) groups is 1. The summed E-state index contributed by atoms with van der Waals surface area (Å²) in [6.07, 6.45) is 4.62. The summed E-state index contributed by atoms with van der Waals surface area (Å²) < 4.78 is 0.369. The van der Waals surface area contributed by atoms with Crippen molar-refractivity contribution in [3.05, 3.63) is 0 Å². The zero-order valence-electron chi connectivity index (χ0n) is 9.93. The van der Waals surface area contributed by atoms with Gasteiger partial charge in [0.05, 0.1) is 0 Å². The standard InChI is InChI=1S/C11H22N2OS/c1-4-12-7-9(2)10(14)13-8-11(15-3)5-6-11/h9,12H,4-8H2,1-3H3,(H,13,14). The van der Waals surface area contributed by atoms with Crippen LogP contribution in [0.3, 0.4) is 0 Å². The molecule has 3 nitrogen and oxygen atoms in total. The Morgan fingerprint density at radius 1 is 1.53 bits per heavy atom. The van der Waals surface area contributed by atoms with E-state index >= 15 is 0 Å². The molecule has 0 aromatic heterocycles. The molecule has 1 atom stereocenters. The molecule has 0 saturated heterocycles. The first-order valence-corrected chi connectivity index (χ1v) is 6.89. The SMILES string of the molecule is CCNCC(C)C(=O)NCC1(SC)CC1. The van der Waals surface area contributed by atoms with Crippen molar-refractivity contribution in [2.24, 2.45) is 5.92 Å². The van der Waals surface area contributed by atoms with Gasteiger partial charge < -0.3 is 10.6 Å². The Hall–Kier alpha value is -0.220. The molecule has 0 aliphatic heterocycles. The highest BCUT2D eigenvalue weighted by Crippen LogP contribution is 2.46. The Balaban J connectivity index is 2.17. The third-order valence-corrected chi connectivity index (χ3v) is 4.39. The highest BCUT2D eigenvalue weighted by atomic mass is 32.2. The van der Waals surface area contributed by atoms with Crippen molar-refractivity contribution < 1.29 is 4.79 Å². The van der Waals surface area contributed by atoms with Crippen LogP contribution in [0.5, 0.6) is 0 Å². The maximum atomic E-state index is 11.7. The minimum absolute atomic E-state index is 0.0719. The van der Waals surface area contributed by atoms with E-state index in [0.29, 0.717) is 4.75 Å². The molecule has 1 unspecified atom stereocenters. The second-order valence-corrected chi connectivity index (χ2v) is 5.59. The van der Waals surface area contributed by atoms with Gasteiger partial charge in [-0.15, -0.1) is 0 Å². The van der Waals surface area contributed by atoms with E-state index in [-0.39, 0.29) is 11.8 Å². The Morgan fingerprint density at radius 3 is 2.67 bits per heavy atom.